The van der Waals surface area contributed by atoms with Crippen molar-refractivity contribution in [2.75, 3.05) is 20.3 Å². The lowest BCUT2D eigenvalue weighted by Gasteiger charge is -2.14. The van der Waals surface area contributed by atoms with Gasteiger partial charge in [0.15, 0.2) is 11.5 Å². The molecule has 2 aromatic rings. The first kappa shape index (κ1) is 28.6. The van der Waals surface area contributed by atoms with E-state index in [4.69, 9.17) is 23.7 Å². The van der Waals surface area contributed by atoms with Crippen molar-refractivity contribution in [3.05, 3.63) is 78.4 Å². The summed E-state index contributed by atoms with van der Waals surface area (Å²) in [7, 11) is 1.42. The van der Waals surface area contributed by atoms with Gasteiger partial charge in [0, 0.05) is 16.7 Å². The molecule has 9 heteroatoms. The van der Waals surface area contributed by atoms with Crippen LogP contribution in [0.25, 0.3) is 11.1 Å². The van der Waals surface area contributed by atoms with E-state index in [2.05, 4.69) is 19.7 Å². The summed E-state index contributed by atoms with van der Waals surface area (Å²) in [5, 5.41) is 0. The third-order valence-electron chi connectivity index (χ3n) is 4.70. The highest BCUT2D eigenvalue weighted by Gasteiger charge is 2.20. The Morgan fingerprint density at radius 1 is 0.649 bits per heavy atom. The van der Waals surface area contributed by atoms with Crippen LogP contribution in [0.1, 0.15) is 31.1 Å². The third-order valence-corrected chi connectivity index (χ3v) is 4.70. The van der Waals surface area contributed by atoms with E-state index in [9.17, 15) is 19.2 Å². The van der Waals surface area contributed by atoms with Gasteiger partial charge in [0.1, 0.15) is 24.5 Å². The number of hydrogen-bond acceptors (Lipinski definition) is 9. The average molecular weight is 509 g/mol. The van der Waals surface area contributed by atoms with Gasteiger partial charge < -0.3 is 23.7 Å². The van der Waals surface area contributed by atoms with E-state index in [1.54, 1.807) is 18.2 Å². The van der Waals surface area contributed by atoms with Crippen LogP contribution < -0.4 is 14.2 Å². The third kappa shape index (κ3) is 7.93. The number of carbonyl (C=O) groups excluding carboxylic acids is 4. The Morgan fingerprint density at radius 2 is 1.14 bits per heavy atom. The maximum Gasteiger partial charge on any atom is 0.342 e. The van der Waals surface area contributed by atoms with Gasteiger partial charge in [-0.25, -0.2) is 19.2 Å². The van der Waals surface area contributed by atoms with Gasteiger partial charge >= 0.3 is 23.9 Å². The fourth-order valence-corrected chi connectivity index (χ4v) is 2.73. The average Bonchev–Trinajstić information content (AvgIpc) is 2.86. The second-order valence-corrected chi connectivity index (χ2v) is 7.97. The summed E-state index contributed by atoms with van der Waals surface area (Å²) >= 11 is 0. The van der Waals surface area contributed by atoms with Crippen molar-refractivity contribution < 1.29 is 42.9 Å². The smallest absolute Gasteiger partial charge is 0.342 e. The Hall–Kier alpha value is -4.66. The number of carbonyl (C=O) groups is 4. The fraction of sp³-hybridized carbons (Fsp3) is 0.214. The number of rotatable bonds is 11. The van der Waals surface area contributed by atoms with Crippen molar-refractivity contribution in [3.8, 4) is 28.4 Å². The summed E-state index contributed by atoms with van der Waals surface area (Å²) < 4.78 is 26.1. The highest BCUT2D eigenvalue weighted by Crippen LogP contribution is 2.35. The molecule has 0 bridgehead atoms. The van der Waals surface area contributed by atoms with Crippen LogP contribution in [-0.2, 0) is 23.9 Å². The van der Waals surface area contributed by atoms with Crippen LogP contribution in [-0.4, -0.2) is 44.2 Å². The summed E-state index contributed by atoms with van der Waals surface area (Å²) in [6, 6.07) is 9.35. The molecule has 0 amide bonds. The molecule has 0 unspecified atom stereocenters. The second kappa shape index (κ2) is 12.9. The molecule has 0 aromatic heterocycles. The molecule has 0 atom stereocenters. The van der Waals surface area contributed by atoms with E-state index in [-0.39, 0.29) is 52.7 Å². The van der Waals surface area contributed by atoms with Crippen LogP contribution in [0.15, 0.2) is 72.9 Å². The lowest BCUT2D eigenvalue weighted by molar-refractivity contribution is -0.140. The van der Waals surface area contributed by atoms with E-state index >= 15 is 0 Å². The Balaban J connectivity index is 2.37. The first-order chi connectivity index (χ1) is 17.4. The second-order valence-electron chi connectivity index (χ2n) is 7.97. The lowest BCUT2D eigenvalue weighted by Crippen LogP contribution is -2.16. The quantitative estimate of drug-likeness (QED) is 0.186. The molecule has 194 valence electrons. The van der Waals surface area contributed by atoms with E-state index in [1.165, 1.54) is 46.1 Å². The number of hydrogen-bond donors (Lipinski definition) is 0. The molecular weight excluding hydrogens is 480 g/mol. The van der Waals surface area contributed by atoms with Gasteiger partial charge in [-0.2, -0.15) is 0 Å². The van der Waals surface area contributed by atoms with Crippen molar-refractivity contribution >= 4 is 23.9 Å². The number of benzene rings is 2. The molecule has 0 saturated carbocycles. The van der Waals surface area contributed by atoms with E-state index in [1.807, 2.05) is 0 Å². The van der Waals surface area contributed by atoms with Crippen molar-refractivity contribution in [1.82, 2.24) is 0 Å². The molecule has 0 N–H and O–H groups in total. The molecule has 0 aliphatic carbocycles. The number of ether oxygens (including phenoxy) is 5. The Bertz CT molecular complexity index is 1270. The van der Waals surface area contributed by atoms with Gasteiger partial charge in [0.05, 0.1) is 7.11 Å². The van der Waals surface area contributed by atoms with Crippen LogP contribution in [0.2, 0.25) is 0 Å². The molecule has 0 aliphatic rings. The summed E-state index contributed by atoms with van der Waals surface area (Å²) in [5.41, 5.74) is 1.68. The monoisotopic (exact) mass is 508 g/mol. The molecule has 0 aliphatic heterocycles. The highest BCUT2D eigenvalue weighted by atomic mass is 16.6. The van der Waals surface area contributed by atoms with E-state index in [0.717, 1.165) is 0 Å². The molecule has 0 spiro atoms. The minimum Gasteiger partial charge on any atom is -0.493 e. The largest absolute Gasteiger partial charge is 0.493 e. The fourth-order valence-electron chi connectivity index (χ4n) is 2.73. The molecular formula is C28H28O9. The predicted molar refractivity (Wildman–Crippen MR) is 135 cm³/mol. The zero-order valence-electron chi connectivity index (χ0n) is 21.2. The highest BCUT2D eigenvalue weighted by molar-refractivity contribution is 5.97. The van der Waals surface area contributed by atoms with Gasteiger partial charge in [-0.1, -0.05) is 31.9 Å². The van der Waals surface area contributed by atoms with Crippen molar-refractivity contribution in [3.63, 3.8) is 0 Å². The van der Waals surface area contributed by atoms with Crippen LogP contribution in [0.3, 0.4) is 0 Å². The minimum absolute atomic E-state index is 0.0420. The maximum absolute atomic E-state index is 12.9. The van der Waals surface area contributed by atoms with E-state index < -0.39 is 23.9 Å². The molecule has 37 heavy (non-hydrogen) atoms. The Morgan fingerprint density at radius 3 is 1.68 bits per heavy atom. The zero-order valence-corrected chi connectivity index (χ0v) is 21.2. The molecule has 0 fully saturated rings. The number of esters is 4. The van der Waals surface area contributed by atoms with Crippen molar-refractivity contribution in [2.45, 2.75) is 20.8 Å². The maximum atomic E-state index is 12.9. The first-order valence-corrected chi connectivity index (χ1v) is 11.0. The van der Waals surface area contributed by atoms with Gasteiger partial charge in [0.25, 0.3) is 0 Å². The normalized spacial score (nSPS) is 10.1. The minimum atomic E-state index is -0.809. The molecule has 2 rings (SSSR count). The Labute approximate surface area is 214 Å². The molecule has 0 saturated heterocycles. The summed E-state index contributed by atoms with van der Waals surface area (Å²) in [6.07, 6.45) is 0. The van der Waals surface area contributed by atoms with Gasteiger partial charge in [-0.05, 0) is 56.2 Å². The zero-order chi connectivity index (χ0) is 27.7. The summed E-state index contributed by atoms with van der Waals surface area (Å²) in [4.78, 5) is 48.3. The summed E-state index contributed by atoms with van der Waals surface area (Å²) in [6.45, 7) is 14.6. The lowest BCUT2D eigenvalue weighted by atomic mass is 10.0. The van der Waals surface area contributed by atoms with Crippen molar-refractivity contribution in [2.24, 2.45) is 0 Å². The topological polar surface area (TPSA) is 114 Å². The van der Waals surface area contributed by atoms with E-state index in [0.29, 0.717) is 11.1 Å². The molecule has 0 heterocycles. The predicted octanol–water partition coefficient (Wildman–Crippen LogP) is 4.60. The first-order valence-electron chi connectivity index (χ1n) is 11.0. The van der Waals surface area contributed by atoms with Crippen LogP contribution >= 0.6 is 0 Å². The Kier molecular flexibility index (Phi) is 9.94. The summed E-state index contributed by atoms with van der Waals surface area (Å²) in [5.74, 6) is -2.32. The van der Waals surface area contributed by atoms with Crippen LogP contribution in [0.5, 0.6) is 17.2 Å². The molecule has 9 nitrogen and oxygen atoms in total. The van der Waals surface area contributed by atoms with Gasteiger partial charge in [0.2, 0.25) is 0 Å². The van der Waals surface area contributed by atoms with Gasteiger partial charge in [-0.3, -0.25) is 0 Å². The van der Waals surface area contributed by atoms with Crippen LogP contribution in [0, 0.1) is 0 Å². The molecule has 2 aromatic carbocycles. The number of methoxy groups -OCH3 is 1. The molecule has 0 radical (unpaired) electrons. The van der Waals surface area contributed by atoms with Crippen LogP contribution in [0.4, 0.5) is 0 Å². The van der Waals surface area contributed by atoms with Crippen molar-refractivity contribution in [1.29, 1.82) is 0 Å². The SMILES string of the molecule is C=C(C)C(=O)OCCOC(=O)c1cc(-c2ccc(OC(=O)C(=C)C)c(OC)c2)ccc1OC(=O)C(=C)C. The standard InChI is InChI=1S/C28H28O9/c1-16(2)25(29)34-12-13-35-28(32)21-14-19(8-10-22(21)36-26(30)17(3)4)20-9-11-23(24(15-20)33-7)37-27(31)18(5)6/h8-11,14-15H,1,3,5,12-13H2,2,4,6-7H3. The van der Waals surface area contributed by atoms with Gasteiger partial charge in [-0.15, -0.1) is 0 Å².